The fraction of sp³-hybridized carbons (Fsp3) is 0.400. The molecule has 0 aromatic rings. The van der Waals surface area contributed by atoms with Crippen molar-refractivity contribution in [2.24, 2.45) is 0 Å². The quantitative estimate of drug-likeness (QED) is 0.317. The molecule has 0 aromatic heterocycles. The third-order valence-electron chi connectivity index (χ3n) is 2.82. The molecule has 0 bridgehead atoms. The summed E-state index contributed by atoms with van der Waals surface area (Å²) < 4.78 is 0. The molecule has 0 unspecified atom stereocenters. The van der Waals surface area contributed by atoms with Crippen molar-refractivity contribution >= 4 is 0 Å². The van der Waals surface area contributed by atoms with Crippen LogP contribution >= 0.6 is 0 Å². The van der Waals surface area contributed by atoms with Gasteiger partial charge in [0, 0.05) is 0 Å². The highest BCUT2D eigenvalue weighted by molar-refractivity contribution is 5.09. The zero-order valence-electron chi connectivity index (χ0n) is 22.5. The predicted octanol–water partition coefficient (Wildman–Crippen LogP) is 11.2. The molecule has 0 saturated heterocycles. The summed E-state index contributed by atoms with van der Waals surface area (Å²) in [6.07, 6.45) is 13.7. The number of hydrogen-bond donors (Lipinski definition) is 0. The Morgan fingerprint density at radius 2 is 0.967 bits per heavy atom. The maximum atomic E-state index is 3.67. The van der Waals surface area contributed by atoms with Gasteiger partial charge in [-0.05, 0) is 75.7 Å². The molecular formula is C30H54. The Kier molecular flexibility index (Phi) is 57.4. The van der Waals surface area contributed by atoms with Gasteiger partial charge in [-0.3, -0.25) is 0 Å². The lowest BCUT2D eigenvalue weighted by Gasteiger charge is -1.88. The molecule has 0 aliphatic heterocycles. The molecule has 0 aromatic carbocycles. The minimum atomic E-state index is 1.02. The first-order valence-corrected chi connectivity index (χ1v) is 10.4. The minimum Gasteiger partial charge on any atom is -0.100 e. The summed E-state index contributed by atoms with van der Waals surface area (Å²) in [7, 11) is 0. The van der Waals surface area contributed by atoms with Crippen LogP contribution in [-0.4, -0.2) is 0 Å². The summed E-state index contributed by atoms with van der Waals surface area (Å²) in [5.41, 5.74) is 6.50. The summed E-state index contributed by atoms with van der Waals surface area (Å²) in [4.78, 5) is 0. The van der Waals surface area contributed by atoms with Crippen molar-refractivity contribution < 1.29 is 0 Å². The maximum absolute atomic E-state index is 3.67. The van der Waals surface area contributed by atoms with Gasteiger partial charge in [-0.15, -0.1) is 6.58 Å². The van der Waals surface area contributed by atoms with E-state index in [1.807, 2.05) is 39.8 Å². The monoisotopic (exact) mass is 414 g/mol. The number of hydrogen-bond acceptors (Lipinski definition) is 0. The van der Waals surface area contributed by atoms with Crippen molar-refractivity contribution in [3.05, 3.63) is 110 Å². The van der Waals surface area contributed by atoms with Crippen LogP contribution in [-0.2, 0) is 0 Å². The van der Waals surface area contributed by atoms with Crippen LogP contribution in [0.4, 0.5) is 0 Å². The summed E-state index contributed by atoms with van der Waals surface area (Å²) in [6, 6.07) is 0. The molecule has 0 saturated carbocycles. The van der Waals surface area contributed by atoms with Crippen molar-refractivity contribution in [1.82, 2.24) is 0 Å². The lowest BCUT2D eigenvalue weighted by molar-refractivity contribution is 1.16. The third kappa shape index (κ3) is 137. The molecule has 0 amide bonds. The maximum Gasteiger partial charge on any atom is -0.0314 e. The van der Waals surface area contributed by atoms with Gasteiger partial charge in [0.1, 0.15) is 0 Å². The van der Waals surface area contributed by atoms with Gasteiger partial charge in [0.05, 0.1) is 0 Å². The van der Waals surface area contributed by atoms with Crippen LogP contribution < -0.4 is 0 Å². The molecule has 0 N–H and O–H groups in total. The molecule has 30 heavy (non-hydrogen) atoms. The average molecular weight is 415 g/mol. The van der Waals surface area contributed by atoms with Gasteiger partial charge >= 0.3 is 0 Å². The highest BCUT2D eigenvalue weighted by Gasteiger charge is 1.75. The topological polar surface area (TPSA) is 0 Å². The zero-order valence-corrected chi connectivity index (χ0v) is 22.5. The van der Waals surface area contributed by atoms with Gasteiger partial charge in [-0.2, -0.15) is 0 Å². The van der Waals surface area contributed by atoms with Gasteiger partial charge in [0.2, 0.25) is 0 Å². The van der Waals surface area contributed by atoms with Crippen LogP contribution in [0.1, 0.15) is 82.6 Å². The Bertz CT molecular complexity index is 484. The summed E-state index contributed by atoms with van der Waals surface area (Å²) in [5, 5.41) is 0. The standard InChI is InChI=1S/C6H12.C6H10.C5H10.C5H8.C4H8.C4H6/c1-5(2)6(3)4;1-4-6(3)5-2;1-4-5(2)3;1-3-5-4-2;1-4(2)3;1-3-4-2/h1-4H3;4H,1,3,5H2,2H3;4H,1-3H3;3-5H,1H2,2H3;1H2,2-3H3;3-4H,1-2H2. The molecule has 0 aliphatic carbocycles. The van der Waals surface area contributed by atoms with Gasteiger partial charge < -0.3 is 0 Å². The molecular weight excluding hydrogens is 360 g/mol. The first-order chi connectivity index (χ1) is 13.8. The van der Waals surface area contributed by atoms with Crippen LogP contribution in [0.15, 0.2) is 110 Å². The molecule has 0 rings (SSSR count). The summed E-state index contributed by atoms with van der Waals surface area (Å²) in [6.45, 7) is 43.6. The molecule has 0 aliphatic rings. The first kappa shape index (κ1) is 41.9. The van der Waals surface area contributed by atoms with E-state index < -0.39 is 0 Å². The summed E-state index contributed by atoms with van der Waals surface area (Å²) >= 11 is 0. The SMILES string of the molecule is C=C(C)C.C=CC(=C)CC.C=CC=C.C=CC=CC.CC(C)=C(C)C.CC=C(C)C. The normalized spacial score (nSPS) is 7.30. The number of rotatable bonds is 4. The Balaban J connectivity index is -0.0000000580. The van der Waals surface area contributed by atoms with Crippen molar-refractivity contribution in [2.75, 3.05) is 0 Å². The smallest absolute Gasteiger partial charge is 0.0314 e. The van der Waals surface area contributed by atoms with E-state index in [2.05, 4.69) is 94.0 Å². The van der Waals surface area contributed by atoms with Crippen LogP contribution in [0, 0.1) is 0 Å². The van der Waals surface area contributed by atoms with E-state index in [4.69, 9.17) is 0 Å². The molecule has 0 radical (unpaired) electrons. The lowest BCUT2D eigenvalue weighted by Crippen LogP contribution is -1.66. The van der Waals surface area contributed by atoms with E-state index >= 15 is 0 Å². The Labute approximate surface area is 192 Å². The third-order valence-corrected chi connectivity index (χ3v) is 2.82. The Morgan fingerprint density at radius 1 is 0.667 bits per heavy atom. The minimum absolute atomic E-state index is 1.02. The second-order valence-electron chi connectivity index (χ2n) is 7.02. The summed E-state index contributed by atoms with van der Waals surface area (Å²) in [5.74, 6) is 0. The molecule has 0 nitrogen and oxygen atoms in total. The predicted molar refractivity (Wildman–Crippen MR) is 150 cm³/mol. The van der Waals surface area contributed by atoms with E-state index in [0.29, 0.717) is 0 Å². The molecule has 0 atom stereocenters. The highest BCUT2D eigenvalue weighted by Crippen LogP contribution is 1.97. The van der Waals surface area contributed by atoms with Gasteiger partial charge in [0.15, 0.2) is 0 Å². The van der Waals surface area contributed by atoms with E-state index in [1.165, 1.54) is 22.3 Å². The average Bonchev–Trinajstić information content (AvgIpc) is 2.69. The number of allylic oxidation sites excluding steroid dienone is 12. The molecule has 0 fully saturated rings. The first-order valence-electron chi connectivity index (χ1n) is 10.4. The zero-order chi connectivity index (χ0) is 25.5. The molecule has 0 heteroatoms. The van der Waals surface area contributed by atoms with Crippen LogP contribution in [0.2, 0.25) is 0 Å². The van der Waals surface area contributed by atoms with Gasteiger partial charge in [-0.25, -0.2) is 0 Å². The lowest BCUT2D eigenvalue weighted by atomic mass is 10.2. The second kappa shape index (κ2) is 41.1. The van der Waals surface area contributed by atoms with Crippen LogP contribution in [0.5, 0.6) is 0 Å². The fourth-order valence-electron chi connectivity index (χ4n) is 0.280. The Hall–Kier alpha value is -2.34. The van der Waals surface area contributed by atoms with Crippen molar-refractivity contribution in [3.63, 3.8) is 0 Å². The molecule has 0 heterocycles. The largest absolute Gasteiger partial charge is 0.100 e. The highest BCUT2D eigenvalue weighted by atomic mass is 13.8. The second-order valence-corrected chi connectivity index (χ2v) is 7.02. The molecule has 174 valence electrons. The van der Waals surface area contributed by atoms with Crippen LogP contribution in [0.3, 0.4) is 0 Å². The van der Waals surface area contributed by atoms with E-state index in [0.717, 1.165) is 12.0 Å². The van der Waals surface area contributed by atoms with Gasteiger partial charge in [-0.1, -0.05) is 110 Å². The van der Waals surface area contributed by atoms with Crippen molar-refractivity contribution in [2.45, 2.75) is 82.6 Å². The van der Waals surface area contributed by atoms with Crippen molar-refractivity contribution in [3.8, 4) is 0 Å². The van der Waals surface area contributed by atoms with E-state index in [-0.39, 0.29) is 0 Å². The van der Waals surface area contributed by atoms with E-state index in [1.54, 1.807) is 24.3 Å². The van der Waals surface area contributed by atoms with Crippen LogP contribution in [0.25, 0.3) is 0 Å². The Morgan fingerprint density at radius 3 is 0.967 bits per heavy atom. The van der Waals surface area contributed by atoms with Gasteiger partial charge in [0.25, 0.3) is 0 Å². The van der Waals surface area contributed by atoms with Crippen molar-refractivity contribution in [1.29, 1.82) is 0 Å². The molecule has 0 spiro atoms. The fourth-order valence-corrected chi connectivity index (χ4v) is 0.280. The van der Waals surface area contributed by atoms with E-state index in [9.17, 15) is 0 Å².